The Morgan fingerprint density at radius 3 is 2.57 bits per heavy atom. The van der Waals surface area contributed by atoms with Gasteiger partial charge < -0.3 is 10.2 Å². The minimum atomic E-state index is -0.122. The summed E-state index contributed by atoms with van der Waals surface area (Å²) in [5.41, 5.74) is 1.12. The van der Waals surface area contributed by atoms with Gasteiger partial charge in [0.2, 0.25) is 0 Å². The summed E-state index contributed by atoms with van der Waals surface area (Å²) >= 11 is 1.68. The van der Waals surface area contributed by atoms with Gasteiger partial charge in [-0.25, -0.2) is 0 Å². The van der Waals surface area contributed by atoms with Crippen LogP contribution in [0.5, 0.6) is 0 Å². The maximum absolute atomic E-state index is 12.1. The third-order valence-corrected chi connectivity index (χ3v) is 4.20. The van der Waals surface area contributed by atoms with Gasteiger partial charge in [0.1, 0.15) is 0 Å². The third-order valence-electron chi connectivity index (χ3n) is 3.23. The van der Waals surface area contributed by atoms with E-state index in [9.17, 15) is 4.79 Å². The third kappa shape index (κ3) is 3.91. The second-order valence-corrected chi connectivity index (χ2v) is 5.87. The van der Waals surface area contributed by atoms with Crippen molar-refractivity contribution in [3.05, 3.63) is 57.8 Å². The number of thiophene rings is 1. The molecule has 0 aliphatic heterocycles. The van der Waals surface area contributed by atoms with Crippen molar-refractivity contribution in [2.75, 3.05) is 20.6 Å². The molecule has 0 aliphatic rings. The number of rotatable bonds is 5. The second kappa shape index (κ2) is 7.02. The highest BCUT2D eigenvalue weighted by Gasteiger charge is 2.16. The molecule has 1 aromatic carbocycles. The van der Waals surface area contributed by atoms with Gasteiger partial charge in [0.25, 0.3) is 5.91 Å². The first-order chi connectivity index (χ1) is 10.1. The van der Waals surface area contributed by atoms with Gasteiger partial charge in [-0.3, -0.25) is 4.79 Å². The van der Waals surface area contributed by atoms with Crippen molar-refractivity contribution in [1.82, 2.24) is 10.2 Å². The SMILES string of the molecule is CN(C)[C@@H](CNC(=O)c1ccc(C#N)cc1)c1cccs1. The predicted octanol–water partition coefficient (Wildman–Crippen LogP) is 2.65. The molecule has 21 heavy (non-hydrogen) atoms. The number of likely N-dealkylation sites (N-methyl/N-ethyl adjacent to an activating group) is 1. The minimum Gasteiger partial charge on any atom is -0.350 e. The Hall–Kier alpha value is -2.16. The zero-order valence-electron chi connectivity index (χ0n) is 12.0. The number of nitrogens with one attached hydrogen (secondary N) is 1. The van der Waals surface area contributed by atoms with E-state index in [-0.39, 0.29) is 11.9 Å². The van der Waals surface area contributed by atoms with Gasteiger partial charge in [-0.2, -0.15) is 5.26 Å². The number of hydrogen-bond donors (Lipinski definition) is 1. The lowest BCUT2D eigenvalue weighted by Crippen LogP contribution is -2.34. The van der Waals surface area contributed by atoms with E-state index < -0.39 is 0 Å². The van der Waals surface area contributed by atoms with E-state index in [1.165, 1.54) is 4.88 Å². The van der Waals surface area contributed by atoms with Crippen molar-refractivity contribution in [1.29, 1.82) is 5.26 Å². The first kappa shape index (κ1) is 15.2. The van der Waals surface area contributed by atoms with Crippen molar-refractivity contribution in [2.45, 2.75) is 6.04 Å². The lowest BCUT2D eigenvalue weighted by molar-refractivity contribution is 0.0942. The Morgan fingerprint density at radius 2 is 2.05 bits per heavy atom. The molecule has 4 nitrogen and oxygen atoms in total. The molecule has 0 spiro atoms. The standard InChI is InChI=1S/C16H17N3OS/c1-19(2)14(15-4-3-9-21-15)11-18-16(20)13-7-5-12(10-17)6-8-13/h3-9,14H,11H2,1-2H3,(H,18,20)/t14-/m0/s1. The van der Waals surface area contributed by atoms with E-state index >= 15 is 0 Å². The smallest absolute Gasteiger partial charge is 0.251 e. The van der Waals surface area contributed by atoms with Crippen molar-refractivity contribution in [3.8, 4) is 6.07 Å². The van der Waals surface area contributed by atoms with E-state index in [1.54, 1.807) is 35.6 Å². The lowest BCUT2D eigenvalue weighted by atomic mass is 10.1. The first-order valence-electron chi connectivity index (χ1n) is 6.60. The van der Waals surface area contributed by atoms with Gasteiger partial charge in [-0.15, -0.1) is 11.3 Å². The summed E-state index contributed by atoms with van der Waals surface area (Å²) in [4.78, 5) is 15.4. The van der Waals surface area contributed by atoms with Crippen molar-refractivity contribution in [3.63, 3.8) is 0 Å². The van der Waals surface area contributed by atoms with Crippen LogP contribution in [0.2, 0.25) is 0 Å². The molecule has 0 bridgehead atoms. The van der Waals surface area contributed by atoms with Crippen LogP contribution in [0.1, 0.15) is 26.8 Å². The molecule has 0 radical (unpaired) electrons. The molecule has 2 rings (SSSR count). The average Bonchev–Trinajstić information content (AvgIpc) is 3.01. The number of nitriles is 1. The summed E-state index contributed by atoms with van der Waals surface area (Å²) in [5.74, 6) is -0.122. The lowest BCUT2D eigenvalue weighted by Gasteiger charge is -2.23. The van der Waals surface area contributed by atoms with Crippen molar-refractivity contribution in [2.24, 2.45) is 0 Å². The molecule has 5 heteroatoms. The average molecular weight is 299 g/mol. The maximum atomic E-state index is 12.1. The molecule has 0 saturated heterocycles. The number of carbonyl (C=O) groups excluding carboxylic acids is 1. The zero-order valence-corrected chi connectivity index (χ0v) is 12.9. The van der Waals surface area contributed by atoms with E-state index in [2.05, 4.69) is 16.3 Å². The Kier molecular flexibility index (Phi) is 5.09. The number of carbonyl (C=O) groups is 1. The van der Waals surface area contributed by atoms with Crippen LogP contribution in [0.3, 0.4) is 0 Å². The monoisotopic (exact) mass is 299 g/mol. The van der Waals surface area contributed by atoms with Crippen LogP contribution in [-0.4, -0.2) is 31.4 Å². The first-order valence-corrected chi connectivity index (χ1v) is 7.48. The molecule has 1 amide bonds. The fourth-order valence-corrected chi connectivity index (χ4v) is 2.93. The molecule has 1 heterocycles. The number of hydrogen-bond acceptors (Lipinski definition) is 4. The highest BCUT2D eigenvalue weighted by atomic mass is 32.1. The molecule has 108 valence electrons. The van der Waals surface area contributed by atoms with E-state index in [1.807, 2.05) is 31.6 Å². The van der Waals surface area contributed by atoms with Gasteiger partial charge in [-0.1, -0.05) is 6.07 Å². The summed E-state index contributed by atoms with van der Waals surface area (Å²) in [5, 5.41) is 13.7. The Balaban J connectivity index is 2.00. The fourth-order valence-electron chi connectivity index (χ4n) is 2.01. The van der Waals surface area contributed by atoms with E-state index in [4.69, 9.17) is 5.26 Å². The van der Waals surface area contributed by atoms with Crippen LogP contribution in [0.15, 0.2) is 41.8 Å². The fraction of sp³-hybridized carbons (Fsp3) is 0.250. The molecule has 0 fully saturated rings. The van der Waals surface area contributed by atoms with Gasteiger partial charge in [0.15, 0.2) is 0 Å². The van der Waals surface area contributed by atoms with Gasteiger partial charge in [0.05, 0.1) is 17.7 Å². The van der Waals surface area contributed by atoms with E-state index in [0.717, 1.165) is 0 Å². The van der Waals surface area contributed by atoms with Crippen molar-refractivity contribution < 1.29 is 4.79 Å². The molecule has 0 unspecified atom stereocenters. The number of nitrogens with zero attached hydrogens (tertiary/aromatic N) is 2. The number of benzene rings is 1. The number of amides is 1. The summed E-state index contributed by atoms with van der Waals surface area (Å²) < 4.78 is 0. The second-order valence-electron chi connectivity index (χ2n) is 4.89. The van der Waals surface area contributed by atoms with Crippen LogP contribution in [-0.2, 0) is 0 Å². The van der Waals surface area contributed by atoms with Crippen LogP contribution in [0, 0.1) is 11.3 Å². The largest absolute Gasteiger partial charge is 0.350 e. The molecular weight excluding hydrogens is 282 g/mol. The van der Waals surface area contributed by atoms with Crippen LogP contribution in [0.4, 0.5) is 0 Å². The summed E-state index contributed by atoms with van der Waals surface area (Å²) in [7, 11) is 4.00. The Labute approximate surface area is 128 Å². The molecule has 0 aliphatic carbocycles. The molecule has 1 atom stereocenters. The van der Waals surface area contributed by atoms with Gasteiger partial charge in [-0.05, 0) is 49.8 Å². The quantitative estimate of drug-likeness (QED) is 0.923. The van der Waals surface area contributed by atoms with Gasteiger partial charge in [0, 0.05) is 17.0 Å². The summed E-state index contributed by atoms with van der Waals surface area (Å²) in [6, 6.07) is 12.9. The Bertz CT molecular complexity index is 627. The predicted molar refractivity (Wildman–Crippen MR) is 84.2 cm³/mol. The van der Waals surface area contributed by atoms with Crippen LogP contribution in [0.25, 0.3) is 0 Å². The maximum Gasteiger partial charge on any atom is 0.251 e. The highest BCUT2D eigenvalue weighted by Crippen LogP contribution is 2.22. The molecule has 0 saturated carbocycles. The topological polar surface area (TPSA) is 56.1 Å². The molecule has 1 aromatic heterocycles. The highest BCUT2D eigenvalue weighted by molar-refractivity contribution is 7.10. The molecule has 2 aromatic rings. The summed E-state index contributed by atoms with van der Waals surface area (Å²) in [6.07, 6.45) is 0. The Morgan fingerprint density at radius 1 is 1.33 bits per heavy atom. The van der Waals surface area contributed by atoms with Crippen LogP contribution < -0.4 is 5.32 Å². The minimum absolute atomic E-state index is 0.122. The normalized spacial score (nSPS) is 11.9. The molecular formula is C16H17N3OS. The van der Waals surface area contributed by atoms with Crippen molar-refractivity contribution >= 4 is 17.2 Å². The molecule has 1 N–H and O–H groups in total. The van der Waals surface area contributed by atoms with Gasteiger partial charge >= 0.3 is 0 Å². The summed E-state index contributed by atoms with van der Waals surface area (Å²) in [6.45, 7) is 0.548. The van der Waals surface area contributed by atoms with E-state index in [0.29, 0.717) is 17.7 Å². The van der Waals surface area contributed by atoms with Crippen LogP contribution >= 0.6 is 11.3 Å². The zero-order chi connectivity index (χ0) is 15.2.